The van der Waals surface area contributed by atoms with E-state index in [0.717, 1.165) is 19.6 Å². The molecule has 0 amide bonds. The first kappa shape index (κ1) is 20.5. The molecule has 0 heterocycles. The minimum Gasteiger partial charge on any atom is -0.502 e. The van der Waals surface area contributed by atoms with Crippen molar-refractivity contribution in [2.24, 2.45) is 5.92 Å². The van der Waals surface area contributed by atoms with E-state index < -0.39 is 0 Å². The molecule has 1 unspecified atom stereocenters. The summed E-state index contributed by atoms with van der Waals surface area (Å²) in [4.78, 5) is 0. The fourth-order valence-electron chi connectivity index (χ4n) is 2.88. The van der Waals surface area contributed by atoms with Gasteiger partial charge in [-0.1, -0.05) is 51.5 Å². The summed E-state index contributed by atoms with van der Waals surface area (Å²) in [7, 11) is 0. The molecular formula is C19H38O2. The van der Waals surface area contributed by atoms with Crippen molar-refractivity contribution in [3.63, 3.8) is 0 Å². The third-order valence-electron chi connectivity index (χ3n) is 4.22. The zero-order valence-corrected chi connectivity index (χ0v) is 15.1. The van der Waals surface area contributed by atoms with E-state index in [4.69, 9.17) is 9.47 Å². The van der Waals surface area contributed by atoms with E-state index in [0.29, 0.717) is 5.92 Å². The SMILES string of the molecule is CC=COCCC(CCCCCCCC)C(C)(C)OCC. The lowest BCUT2D eigenvalue weighted by Crippen LogP contribution is -2.35. The topological polar surface area (TPSA) is 18.5 Å². The first-order chi connectivity index (χ1) is 10.1. The van der Waals surface area contributed by atoms with Gasteiger partial charge in [0.05, 0.1) is 18.5 Å². The predicted molar refractivity (Wildman–Crippen MR) is 92.6 cm³/mol. The molecule has 21 heavy (non-hydrogen) atoms. The highest BCUT2D eigenvalue weighted by atomic mass is 16.5. The van der Waals surface area contributed by atoms with E-state index in [9.17, 15) is 0 Å². The molecule has 2 heteroatoms. The Balaban J connectivity index is 4.12. The average molecular weight is 299 g/mol. The molecule has 0 bridgehead atoms. The molecule has 0 aliphatic carbocycles. The quantitative estimate of drug-likeness (QED) is 0.284. The number of hydrogen-bond acceptors (Lipinski definition) is 2. The van der Waals surface area contributed by atoms with E-state index in [2.05, 4.69) is 27.7 Å². The maximum Gasteiger partial charge on any atom is 0.0876 e. The molecule has 0 radical (unpaired) electrons. The first-order valence-corrected chi connectivity index (χ1v) is 8.95. The first-order valence-electron chi connectivity index (χ1n) is 8.95. The van der Waals surface area contributed by atoms with Gasteiger partial charge in [-0.05, 0) is 46.5 Å². The van der Waals surface area contributed by atoms with E-state index in [1.807, 2.05) is 13.0 Å². The Kier molecular flexibility index (Phi) is 12.9. The van der Waals surface area contributed by atoms with Crippen molar-refractivity contribution in [1.29, 1.82) is 0 Å². The molecule has 0 rings (SSSR count). The van der Waals surface area contributed by atoms with Crippen LogP contribution in [0.15, 0.2) is 12.3 Å². The monoisotopic (exact) mass is 298 g/mol. The minimum atomic E-state index is -0.0442. The molecule has 0 spiro atoms. The molecule has 0 aromatic rings. The van der Waals surface area contributed by atoms with Crippen LogP contribution in [0.2, 0.25) is 0 Å². The summed E-state index contributed by atoms with van der Waals surface area (Å²) < 4.78 is 11.5. The molecule has 0 aliphatic heterocycles. The fraction of sp³-hybridized carbons (Fsp3) is 0.895. The summed E-state index contributed by atoms with van der Waals surface area (Å²) in [5, 5.41) is 0. The van der Waals surface area contributed by atoms with Crippen molar-refractivity contribution in [2.45, 2.75) is 91.6 Å². The Morgan fingerprint density at radius 2 is 1.62 bits per heavy atom. The number of rotatable bonds is 14. The lowest BCUT2D eigenvalue weighted by molar-refractivity contribution is -0.0637. The van der Waals surface area contributed by atoms with Crippen LogP contribution in [0.5, 0.6) is 0 Å². The lowest BCUT2D eigenvalue weighted by atomic mass is 9.83. The van der Waals surface area contributed by atoms with Crippen LogP contribution < -0.4 is 0 Å². The predicted octanol–water partition coefficient (Wildman–Crippen LogP) is 6.11. The van der Waals surface area contributed by atoms with Crippen LogP contribution in [0.1, 0.15) is 86.0 Å². The second-order valence-electron chi connectivity index (χ2n) is 6.42. The molecule has 0 fully saturated rings. The molecule has 0 saturated carbocycles. The Morgan fingerprint density at radius 1 is 0.952 bits per heavy atom. The smallest absolute Gasteiger partial charge is 0.0876 e. The van der Waals surface area contributed by atoms with Gasteiger partial charge >= 0.3 is 0 Å². The van der Waals surface area contributed by atoms with Crippen molar-refractivity contribution in [2.75, 3.05) is 13.2 Å². The van der Waals surface area contributed by atoms with Crippen LogP contribution in [0.4, 0.5) is 0 Å². The van der Waals surface area contributed by atoms with Gasteiger partial charge in [-0.25, -0.2) is 0 Å². The normalized spacial score (nSPS) is 13.8. The summed E-state index contributed by atoms with van der Waals surface area (Å²) in [6.07, 6.45) is 14.2. The summed E-state index contributed by atoms with van der Waals surface area (Å²) in [6.45, 7) is 12.4. The van der Waals surface area contributed by atoms with Crippen molar-refractivity contribution in [1.82, 2.24) is 0 Å². The van der Waals surface area contributed by atoms with Gasteiger partial charge in [-0.15, -0.1) is 0 Å². The number of unbranched alkanes of at least 4 members (excludes halogenated alkanes) is 5. The molecule has 2 nitrogen and oxygen atoms in total. The fourth-order valence-corrected chi connectivity index (χ4v) is 2.88. The van der Waals surface area contributed by atoms with Gasteiger partial charge < -0.3 is 9.47 Å². The van der Waals surface area contributed by atoms with Crippen LogP contribution in [0.3, 0.4) is 0 Å². The maximum absolute atomic E-state index is 5.97. The van der Waals surface area contributed by atoms with E-state index in [-0.39, 0.29) is 5.60 Å². The molecule has 1 atom stereocenters. The van der Waals surface area contributed by atoms with Crippen molar-refractivity contribution >= 4 is 0 Å². The summed E-state index contributed by atoms with van der Waals surface area (Å²) in [5.41, 5.74) is -0.0442. The van der Waals surface area contributed by atoms with Crippen LogP contribution >= 0.6 is 0 Å². The second kappa shape index (κ2) is 13.2. The Bertz CT molecular complexity index is 246. The van der Waals surface area contributed by atoms with E-state index in [1.165, 1.54) is 44.9 Å². The Labute approximate surface area is 133 Å². The van der Waals surface area contributed by atoms with Crippen molar-refractivity contribution < 1.29 is 9.47 Å². The molecule has 0 aromatic carbocycles. The standard InChI is InChI=1S/C19H38O2/c1-6-9-10-11-12-13-14-18(15-17-20-16-7-2)19(4,5)21-8-3/h7,16,18H,6,8-15,17H2,1-5H3. The molecule has 0 saturated heterocycles. The van der Waals surface area contributed by atoms with Gasteiger partial charge in [0.15, 0.2) is 0 Å². The van der Waals surface area contributed by atoms with Gasteiger partial charge in [0.1, 0.15) is 0 Å². The third kappa shape index (κ3) is 10.8. The molecule has 0 aromatic heterocycles. The average Bonchev–Trinajstić information content (AvgIpc) is 2.44. The number of ether oxygens (including phenoxy) is 2. The highest BCUT2D eigenvalue weighted by molar-refractivity contribution is 4.80. The van der Waals surface area contributed by atoms with Crippen molar-refractivity contribution in [3.8, 4) is 0 Å². The van der Waals surface area contributed by atoms with Crippen LogP contribution in [0.25, 0.3) is 0 Å². The van der Waals surface area contributed by atoms with Gasteiger partial charge in [0.2, 0.25) is 0 Å². The Morgan fingerprint density at radius 3 is 2.24 bits per heavy atom. The zero-order valence-electron chi connectivity index (χ0n) is 15.1. The number of allylic oxidation sites excluding steroid dienone is 1. The highest BCUT2D eigenvalue weighted by Gasteiger charge is 2.29. The molecule has 0 aliphatic rings. The molecule has 126 valence electrons. The van der Waals surface area contributed by atoms with Crippen LogP contribution in [-0.4, -0.2) is 18.8 Å². The molecular weight excluding hydrogens is 260 g/mol. The van der Waals surface area contributed by atoms with Crippen LogP contribution in [-0.2, 0) is 9.47 Å². The minimum absolute atomic E-state index is 0.0442. The summed E-state index contributed by atoms with van der Waals surface area (Å²) in [5.74, 6) is 0.578. The third-order valence-corrected chi connectivity index (χ3v) is 4.22. The summed E-state index contributed by atoms with van der Waals surface area (Å²) in [6, 6.07) is 0. The van der Waals surface area contributed by atoms with Crippen LogP contribution in [0, 0.1) is 5.92 Å². The van der Waals surface area contributed by atoms with Gasteiger partial charge in [-0.3, -0.25) is 0 Å². The maximum atomic E-state index is 5.97. The largest absolute Gasteiger partial charge is 0.502 e. The highest BCUT2D eigenvalue weighted by Crippen LogP contribution is 2.29. The second-order valence-corrected chi connectivity index (χ2v) is 6.42. The Hall–Kier alpha value is -0.500. The van der Waals surface area contributed by atoms with E-state index in [1.54, 1.807) is 6.26 Å². The zero-order chi connectivity index (χ0) is 16.0. The molecule has 0 N–H and O–H groups in total. The van der Waals surface area contributed by atoms with Gasteiger partial charge in [-0.2, -0.15) is 0 Å². The summed E-state index contributed by atoms with van der Waals surface area (Å²) >= 11 is 0. The van der Waals surface area contributed by atoms with Gasteiger partial charge in [0, 0.05) is 6.61 Å². The number of hydrogen-bond donors (Lipinski definition) is 0. The van der Waals surface area contributed by atoms with Gasteiger partial charge in [0.25, 0.3) is 0 Å². The van der Waals surface area contributed by atoms with E-state index >= 15 is 0 Å². The van der Waals surface area contributed by atoms with Crippen molar-refractivity contribution in [3.05, 3.63) is 12.3 Å². The lowest BCUT2D eigenvalue weighted by Gasteiger charge is -2.34.